The maximum absolute atomic E-state index is 13.6. The molecule has 0 atom stereocenters. The van der Waals surface area contributed by atoms with E-state index in [0.717, 1.165) is 0 Å². The Hall–Kier alpha value is -0.810. The molecule has 0 aromatic heterocycles. The van der Waals surface area contributed by atoms with Gasteiger partial charge in [0.2, 0.25) is 0 Å². The second kappa shape index (κ2) is 5.32. The van der Waals surface area contributed by atoms with Crippen molar-refractivity contribution in [1.29, 1.82) is 0 Å². The third-order valence-electron chi connectivity index (χ3n) is 2.00. The Bertz CT molecular complexity index is 355. The molecule has 0 saturated heterocycles. The first-order valence-corrected chi connectivity index (χ1v) is 5.14. The zero-order valence-electron chi connectivity index (χ0n) is 8.51. The van der Waals surface area contributed by atoms with E-state index in [-0.39, 0.29) is 12.4 Å². The first-order valence-electron chi connectivity index (χ1n) is 4.35. The molecule has 0 spiro atoms. The van der Waals surface area contributed by atoms with Crippen LogP contribution in [0.4, 0.5) is 4.39 Å². The van der Waals surface area contributed by atoms with Gasteiger partial charge in [0.15, 0.2) is 17.3 Å². The lowest BCUT2D eigenvalue weighted by Crippen LogP contribution is -2.01. The van der Waals surface area contributed by atoms with Crippen LogP contribution >= 0.6 is 15.9 Å². The Balaban J connectivity index is 3.33. The van der Waals surface area contributed by atoms with E-state index in [1.54, 1.807) is 6.07 Å². The van der Waals surface area contributed by atoms with Crippen LogP contribution < -0.4 is 9.47 Å². The maximum atomic E-state index is 13.6. The zero-order valence-corrected chi connectivity index (χ0v) is 10.1. The van der Waals surface area contributed by atoms with Gasteiger partial charge >= 0.3 is 0 Å². The topological polar surface area (TPSA) is 38.7 Å². The van der Waals surface area contributed by atoms with Crippen LogP contribution in [0.2, 0.25) is 0 Å². The number of ether oxygens (including phenoxy) is 2. The molecule has 84 valence electrons. The Morgan fingerprint density at radius 3 is 2.40 bits per heavy atom. The monoisotopic (exact) mass is 278 g/mol. The third-order valence-corrected chi connectivity index (χ3v) is 2.57. The van der Waals surface area contributed by atoms with E-state index in [1.807, 2.05) is 0 Å². The molecule has 1 N–H and O–H groups in total. The molecule has 0 fully saturated rings. The summed E-state index contributed by atoms with van der Waals surface area (Å²) in [6.45, 7) is -0.0302. The van der Waals surface area contributed by atoms with Crippen molar-refractivity contribution >= 4 is 15.9 Å². The molecular weight excluding hydrogens is 267 g/mol. The van der Waals surface area contributed by atoms with Crippen LogP contribution in [0.25, 0.3) is 0 Å². The minimum absolute atomic E-state index is 0.0302. The minimum Gasteiger partial charge on any atom is -0.492 e. The number of rotatable bonds is 4. The summed E-state index contributed by atoms with van der Waals surface area (Å²) >= 11 is 3.08. The van der Waals surface area contributed by atoms with Crippen molar-refractivity contribution in [2.45, 2.75) is 6.42 Å². The van der Waals surface area contributed by atoms with Gasteiger partial charge in [-0.3, -0.25) is 0 Å². The van der Waals surface area contributed by atoms with Crippen molar-refractivity contribution in [3.05, 3.63) is 21.9 Å². The van der Waals surface area contributed by atoms with Crippen LogP contribution in [0, 0.1) is 5.82 Å². The Morgan fingerprint density at radius 1 is 1.33 bits per heavy atom. The van der Waals surface area contributed by atoms with Crippen molar-refractivity contribution < 1.29 is 19.0 Å². The number of aliphatic hydroxyl groups is 1. The molecule has 0 aliphatic heterocycles. The summed E-state index contributed by atoms with van der Waals surface area (Å²) in [7, 11) is 2.81. The molecule has 0 heterocycles. The molecule has 0 bridgehead atoms. The van der Waals surface area contributed by atoms with Crippen molar-refractivity contribution in [1.82, 2.24) is 0 Å². The van der Waals surface area contributed by atoms with Crippen LogP contribution in [0.5, 0.6) is 11.5 Å². The highest BCUT2D eigenvalue weighted by atomic mass is 79.9. The fourth-order valence-corrected chi connectivity index (χ4v) is 1.80. The molecule has 0 aliphatic rings. The van der Waals surface area contributed by atoms with Gasteiger partial charge in [0.25, 0.3) is 0 Å². The van der Waals surface area contributed by atoms with Gasteiger partial charge < -0.3 is 14.6 Å². The van der Waals surface area contributed by atoms with Crippen molar-refractivity contribution in [2.24, 2.45) is 0 Å². The standard InChI is InChI=1S/C10H12BrFO3/c1-14-9-6(3-4-13)5-7(11)8(12)10(9)15-2/h5,13H,3-4H2,1-2H3. The summed E-state index contributed by atoms with van der Waals surface area (Å²) in [6.07, 6.45) is 0.387. The fourth-order valence-electron chi connectivity index (χ4n) is 1.35. The summed E-state index contributed by atoms with van der Waals surface area (Å²) in [4.78, 5) is 0. The predicted molar refractivity (Wildman–Crippen MR) is 58.0 cm³/mol. The van der Waals surface area contributed by atoms with Gasteiger partial charge in [-0.2, -0.15) is 0 Å². The molecule has 1 rings (SSSR count). The molecule has 5 heteroatoms. The molecule has 0 radical (unpaired) electrons. The van der Waals surface area contributed by atoms with Gasteiger partial charge in [-0.25, -0.2) is 4.39 Å². The summed E-state index contributed by atoms with van der Waals surface area (Å²) in [5.41, 5.74) is 0.699. The molecule has 1 aromatic carbocycles. The lowest BCUT2D eigenvalue weighted by atomic mass is 10.1. The van der Waals surface area contributed by atoms with Crippen molar-refractivity contribution in [3.8, 4) is 11.5 Å². The maximum Gasteiger partial charge on any atom is 0.198 e. The molecule has 3 nitrogen and oxygen atoms in total. The smallest absolute Gasteiger partial charge is 0.198 e. The normalized spacial score (nSPS) is 10.2. The van der Waals surface area contributed by atoms with Gasteiger partial charge in [-0.15, -0.1) is 0 Å². The predicted octanol–water partition coefficient (Wildman–Crippen LogP) is 2.14. The van der Waals surface area contributed by atoms with Crippen LogP contribution in [0.15, 0.2) is 10.5 Å². The first kappa shape index (κ1) is 12.3. The van der Waals surface area contributed by atoms with Crippen LogP contribution in [0.1, 0.15) is 5.56 Å². The molecule has 15 heavy (non-hydrogen) atoms. The van der Waals surface area contributed by atoms with E-state index >= 15 is 0 Å². The SMILES string of the molecule is COc1c(CCO)cc(Br)c(F)c1OC. The van der Waals surface area contributed by atoms with E-state index in [1.165, 1.54) is 14.2 Å². The first-order chi connectivity index (χ1) is 7.15. The van der Waals surface area contributed by atoms with E-state index < -0.39 is 5.82 Å². The number of aliphatic hydroxyl groups excluding tert-OH is 1. The summed E-state index contributed by atoms with van der Waals surface area (Å²) in [6, 6.07) is 1.58. The summed E-state index contributed by atoms with van der Waals surface area (Å²) in [5.74, 6) is -0.126. The lowest BCUT2D eigenvalue weighted by Gasteiger charge is -2.13. The number of hydrogen-bond acceptors (Lipinski definition) is 3. The average molecular weight is 279 g/mol. The quantitative estimate of drug-likeness (QED) is 0.917. The highest BCUT2D eigenvalue weighted by Gasteiger charge is 2.18. The van der Waals surface area contributed by atoms with E-state index in [0.29, 0.717) is 22.2 Å². The second-order valence-electron chi connectivity index (χ2n) is 2.87. The molecule has 0 unspecified atom stereocenters. The fraction of sp³-hybridized carbons (Fsp3) is 0.400. The highest BCUT2D eigenvalue weighted by Crippen LogP contribution is 2.38. The van der Waals surface area contributed by atoms with Crippen molar-refractivity contribution in [3.63, 3.8) is 0 Å². The van der Waals surface area contributed by atoms with Crippen molar-refractivity contribution in [2.75, 3.05) is 20.8 Å². The molecular formula is C10H12BrFO3. The Labute approximate surface area is 95.9 Å². The average Bonchev–Trinajstić information content (AvgIpc) is 2.23. The minimum atomic E-state index is -0.504. The Kier molecular flexibility index (Phi) is 4.35. The van der Waals surface area contributed by atoms with Gasteiger partial charge in [0.1, 0.15) is 0 Å². The van der Waals surface area contributed by atoms with Crippen LogP contribution in [-0.2, 0) is 6.42 Å². The Morgan fingerprint density at radius 2 is 1.93 bits per heavy atom. The second-order valence-corrected chi connectivity index (χ2v) is 3.73. The van der Waals surface area contributed by atoms with Gasteiger partial charge in [0, 0.05) is 12.2 Å². The molecule has 0 aliphatic carbocycles. The molecule has 0 saturated carbocycles. The van der Waals surface area contributed by atoms with Gasteiger partial charge in [0.05, 0.1) is 18.7 Å². The number of halogens is 2. The summed E-state index contributed by atoms with van der Waals surface area (Å²) in [5, 5.41) is 8.86. The lowest BCUT2D eigenvalue weighted by molar-refractivity contribution is 0.293. The molecule has 0 amide bonds. The van der Waals surface area contributed by atoms with E-state index in [4.69, 9.17) is 14.6 Å². The number of methoxy groups -OCH3 is 2. The van der Waals surface area contributed by atoms with Crippen LogP contribution in [-0.4, -0.2) is 25.9 Å². The largest absolute Gasteiger partial charge is 0.492 e. The number of hydrogen-bond donors (Lipinski definition) is 1. The number of benzene rings is 1. The van der Waals surface area contributed by atoms with E-state index in [9.17, 15) is 4.39 Å². The summed E-state index contributed by atoms with van der Waals surface area (Å²) < 4.78 is 23.8. The zero-order chi connectivity index (χ0) is 11.4. The van der Waals surface area contributed by atoms with E-state index in [2.05, 4.69) is 15.9 Å². The highest BCUT2D eigenvalue weighted by molar-refractivity contribution is 9.10. The van der Waals surface area contributed by atoms with Crippen LogP contribution in [0.3, 0.4) is 0 Å². The van der Waals surface area contributed by atoms with Gasteiger partial charge in [-0.1, -0.05) is 0 Å². The van der Waals surface area contributed by atoms with Gasteiger partial charge in [-0.05, 0) is 28.4 Å². The third kappa shape index (κ3) is 2.41. The molecule has 1 aromatic rings.